The van der Waals surface area contributed by atoms with E-state index in [1.807, 2.05) is 6.92 Å². The van der Waals surface area contributed by atoms with E-state index in [0.717, 1.165) is 31.2 Å². The third kappa shape index (κ3) is 3.25. The first kappa shape index (κ1) is 17.9. The van der Waals surface area contributed by atoms with Crippen molar-refractivity contribution in [1.29, 1.82) is 0 Å². The van der Waals surface area contributed by atoms with Gasteiger partial charge in [-0.25, -0.2) is 4.79 Å². The molecule has 5 heteroatoms. The lowest BCUT2D eigenvalue weighted by atomic mass is 9.69. The molecule has 0 heterocycles. The molecule has 24 heavy (non-hydrogen) atoms. The monoisotopic (exact) mass is 330 g/mol. The Bertz CT molecular complexity index is 668. The number of Topliss-reactive ketones (excluding diaryl/α,β-unsaturated/α-hetero) is 1. The maximum Gasteiger partial charge on any atom is 0.332 e. The second-order valence-electron chi connectivity index (χ2n) is 6.48. The van der Waals surface area contributed by atoms with Crippen molar-refractivity contribution in [2.45, 2.75) is 44.4 Å². The summed E-state index contributed by atoms with van der Waals surface area (Å²) in [5.74, 6) is -3.14. The van der Waals surface area contributed by atoms with Crippen molar-refractivity contribution < 1.29 is 24.6 Å². The van der Waals surface area contributed by atoms with Crippen molar-refractivity contribution in [3.63, 3.8) is 0 Å². The number of rotatable bonds is 7. The number of benzene rings is 1. The van der Waals surface area contributed by atoms with E-state index in [9.17, 15) is 24.6 Å². The van der Waals surface area contributed by atoms with Crippen LogP contribution in [0.2, 0.25) is 0 Å². The highest BCUT2D eigenvalue weighted by atomic mass is 16.4. The van der Waals surface area contributed by atoms with E-state index in [4.69, 9.17) is 0 Å². The highest BCUT2D eigenvalue weighted by Gasteiger charge is 2.48. The molecular weight excluding hydrogens is 308 g/mol. The SMILES string of the molecule is C=C(C(=O)O)C(CC(=O)C1CCCC1)(C(=O)O)c1ccc(C)cc1. The summed E-state index contributed by atoms with van der Waals surface area (Å²) >= 11 is 0. The number of carboxylic acids is 2. The normalized spacial score (nSPS) is 17.2. The smallest absolute Gasteiger partial charge is 0.332 e. The zero-order valence-corrected chi connectivity index (χ0v) is 13.7. The van der Waals surface area contributed by atoms with Crippen molar-refractivity contribution >= 4 is 17.7 Å². The minimum Gasteiger partial charge on any atom is -0.480 e. The molecular formula is C19H22O5. The summed E-state index contributed by atoms with van der Waals surface area (Å²) in [5, 5.41) is 19.3. The number of hydrogen-bond acceptors (Lipinski definition) is 3. The lowest BCUT2D eigenvalue weighted by Gasteiger charge is -2.30. The molecule has 128 valence electrons. The van der Waals surface area contributed by atoms with Gasteiger partial charge in [0.05, 0.1) is 5.57 Å². The fourth-order valence-electron chi connectivity index (χ4n) is 3.39. The van der Waals surface area contributed by atoms with Crippen LogP contribution in [-0.2, 0) is 19.8 Å². The molecule has 1 aliphatic carbocycles. The number of carbonyl (C=O) groups is 3. The largest absolute Gasteiger partial charge is 0.480 e. The lowest BCUT2D eigenvalue weighted by Crippen LogP contribution is -2.43. The highest BCUT2D eigenvalue weighted by molar-refractivity contribution is 6.03. The zero-order chi connectivity index (χ0) is 17.9. The summed E-state index contributed by atoms with van der Waals surface area (Å²) in [5.41, 5.74) is -1.22. The first-order chi connectivity index (χ1) is 11.3. The second kappa shape index (κ2) is 6.99. The van der Waals surface area contributed by atoms with Crippen LogP contribution in [0.4, 0.5) is 0 Å². The molecule has 2 rings (SSSR count). The fraction of sp³-hybridized carbons (Fsp3) is 0.421. The summed E-state index contributed by atoms with van der Waals surface area (Å²) < 4.78 is 0. The first-order valence-corrected chi connectivity index (χ1v) is 8.05. The highest BCUT2D eigenvalue weighted by Crippen LogP contribution is 2.39. The van der Waals surface area contributed by atoms with Crippen LogP contribution in [0.15, 0.2) is 36.4 Å². The van der Waals surface area contributed by atoms with E-state index >= 15 is 0 Å². The number of ketones is 1. The molecule has 1 saturated carbocycles. The molecule has 0 radical (unpaired) electrons. The Kier molecular flexibility index (Phi) is 5.22. The van der Waals surface area contributed by atoms with Gasteiger partial charge < -0.3 is 10.2 Å². The number of hydrogen-bond donors (Lipinski definition) is 2. The van der Waals surface area contributed by atoms with Crippen LogP contribution in [0.5, 0.6) is 0 Å². The minimum atomic E-state index is -1.93. The van der Waals surface area contributed by atoms with Crippen molar-refractivity contribution in [2.24, 2.45) is 5.92 Å². The van der Waals surface area contributed by atoms with Gasteiger partial charge in [-0.2, -0.15) is 0 Å². The van der Waals surface area contributed by atoms with Crippen LogP contribution in [0, 0.1) is 12.8 Å². The van der Waals surface area contributed by atoms with Gasteiger partial charge in [-0.05, 0) is 25.3 Å². The predicted octanol–water partition coefficient (Wildman–Crippen LogP) is 3.11. The van der Waals surface area contributed by atoms with Gasteiger partial charge in [0.25, 0.3) is 0 Å². The molecule has 0 saturated heterocycles. The summed E-state index contributed by atoms with van der Waals surface area (Å²) in [6.45, 7) is 5.34. The van der Waals surface area contributed by atoms with Gasteiger partial charge in [0, 0.05) is 12.3 Å². The molecule has 0 spiro atoms. The molecule has 1 aromatic carbocycles. The Morgan fingerprint density at radius 1 is 1.12 bits per heavy atom. The van der Waals surface area contributed by atoms with E-state index in [0.29, 0.717) is 0 Å². The van der Waals surface area contributed by atoms with Crippen LogP contribution in [0.1, 0.15) is 43.2 Å². The van der Waals surface area contributed by atoms with Gasteiger partial charge in [0.15, 0.2) is 0 Å². The van der Waals surface area contributed by atoms with Crippen LogP contribution in [-0.4, -0.2) is 27.9 Å². The molecule has 1 unspecified atom stereocenters. The lowest BCUT2D eigenvalue weighted by molar-refractivity contribution is -0.147. The molecule has 0 aliphatic heterocycles. The Morgan fingerprint density at radius 2 is 1.67 bits per heavy atom. The van der Waals surface area contributed by atoms with Crippen LogP contribution in [0.3, 0.4) is 0 Å². The van der Waals surface area contributed by atoms with E-state index < -0.39 is 22.9 Å². The maximum absolute atomic E-state index is 12.6. The average molecular weight is 330 g/mol. The Labute approximate surface area is 141 Å². The number of carboxylic acid groups (broad SMARTS) is 2. The standard InChI is InChI=1S/C19H22O5/c1-12-7-9-15(10-8-12)19(18(23)24,13(2)17(21)22)11-16(20)14-5-3-4-6-14/h7-10,14H,2-6,11H2,1H3,(H,21,22)(H,23,24). The van der Waals surface area contributed by atoms with Gasteiger partial charge in [0.1, 0.15) is 11.2 Å². The van der Waals surface area contributed by atoms with Crippen LogP contribution >= 0.6 is 0 Å². The summed E-state index contributed by atoms with van der Waals surface area (Å²) in [6, 6.07) is 6.56. The van der Waals surface area contributed by atoms with Crippen LogP contribution < -0.4 is 0 Å². The minimum absolute atomic E-state index is 0.184. The molecule has 1 atom stereocenters. The van der Waals surface area contributed by atoms with Crippen LogP contribution in [0.25, 0.3) is 0 Å². The molecule has 1 aliphatic rings. The third-order valence-electron chi connectivity index (χ3n) is 4.93. The Hall–Kier alpha value is -2.43. The van der Waals surface area contributed by atoms with Crippen molar-refractivity contribution in [2.75, 3.05) is 0 Å². The fourth-order valence-corrected chi connectivity index (χ4v) is 3.39. The van der Waals surface area contributed by atoms with E-state index in [1.54, 1.807) is 24.3 Å². The maximum atomic E-state index is 12.6. The van der Waals surface area contributed by atoms with Gasteiger partial charge in [-0.15, -0.1) is 0 Å². The molecule has 2 N–H and O–H groups in total. The zero-order valence-electron chi connectivity index (χ0n) is 13.7. The van der Waals surface area contributed by atoms with E-state index in [-0.39, 0.29) is 23.7 Å². The topological polar surface area (TPSA) is 91.7 Å². The van der Waals surface area contributed by atoms with Gasteiger partial charge in [-0.1, -0.05) is 49.2 Å². The third-order valence-corrected chi connectivity index (χ3v) is 4.93. The molecule has 0 amide bonds. The van der Waals surface area contributed by atoms with Crippen molar-refractivity contribution in [3.8, 4) is 0 Å². The average Bonchev–Trinajstić information content (AvgIpc) is 3.07. The van der Waals surface area contributed by atoms with Gasteiger partial charge in [0.2, 0.25) is 0 Å². The van der Waals surface area contributed by atoms with Crippen molar-refractivity contribution in [3.05, 3.63) is 47.5 Å². The predicted molar refractivity (Wildman–Crippen MR) is 88.9 cm³/mol. The summed E-state index contributed by atoms with van der Waals surface area (Å²) in [6.07, 6.45) is 2.99. The molecule has 0 bridgehead atoms. The first-order valence-electron chi connectivity index (χ1n) is 8.05. The van der Waals surface area contributed by atoms with Gasteiger partial charge in [-0.3, -0.25) is 9.59 Å². The summed E-state index contributed by atoms with van der Waals surface area (Å²) in [7, 11) is 0. The van der Waals surface area contributed by atoms with E-state index in [2.05, 4.69) is 6.58 Å². The second-order valence-corrected chi connectivity index (χ2v) is 6.48. The van der Waals surface area contributed by atoms with Crippen molar-refractivity contribution in [1.82, 2.24) is 0 Å². The number of carbonyl (C=O) groups excluding carboxylic acids is 1. The quantitative estimate of drug-likeness (QED) is 0.750. The summed E-state index contributed by atoms with van der Waals surface area (Å²) in [4.78, 5) is 36.3. The Balaban J connectivity index is 2.51. The van der Waals surface area contributed by atoms with E-state index in [1.165, 1.54) is 0 Å². The Morgan fingerprint density at radius 3 is 2.12 bits per heavy atom. The molecule has 1 aromatic rings. The molecule has 1 fully saturated rings. The number of aliphatic carboxylic acids is 2. The molecule has 0 aromatic heterocycles. The number of aryl methyl sites for hydroxylation is 1. The molecule has 5 nitrogen and oxygen atoms in total. The van der Waals surface area contributed by atoms with Gasteiger partial charge >= 0.3 is 11.9 Å².